The molecule has 1 unspecified atom stereocenters. The minimum absolute atomic E-state index is 0.692. The summed E-state index contributed by atoms with van der Waals surface area (Å²) in [5, 5.41) is 4.78. The summed E-state index contributed by atoms with van der Waals surface area (Å²) in [6.07, 6.45) is 5.41. The van der Waals surface area contributed by atoms with Crippen molar-refractivity contribution in [2.75, 3.05) is 17.6 Å². The molecule has 1 aromatic heterocycles. The van der Waals surface area contributed by atoms with Crippen LogP contribution in [0.25, 0.3) is 0 Å². The Kier molecular flexibility index (Phi) is 2.54. The van der Waals surface area contributed by atoms with Crippen molar-refractivity contribution in [1.29, 1.82) is 0 Å². The monoisotopic (exact) mass is 237 g/mol. The maximum Gasteiger partial charge on any atom is 0.142 e. The molecule has 2 fully saturated rings. The summed E-state index contributed by atoms with van der Waals surface area (Å²) in [7, 11) is 0. The lowest BCUT2D eigenvalue weighted by molar-refractivity contribution is 0.537. The van der Waals surface area contributed by atoms with Gasteiger partial charge in [-0.2, -0.15) is 4.37 Å². The van der Waals surface area contributed by atoms with Gasteiger partial charge in [-0.15, -0.1) is 0 Å². The van der Waals surface area contributed by atoms with Crippen LogP contribution < -0.4 is 11.1 Å². The SMILES string of the molecule is CC(CNc1snc(N)c1C1CC1)C1CC1. The molecule has 88 valence electrons. The minimum atomic E-state index is 0.692. The van der Waals surface area contributed by atoms with Gasteiger partial charge in [0, 0.05) is 12.1 Å². The van der Waals surface area contributed by atoms with Crippen LogP contribution in [0.5, 0.6) is 0 Å². The molecule has 4 heteroatoms. The number of hydrogen-bond donors (Lipinski definition) is 2. The van der Waals surface area contributed by atoms with Crippen LogP contribution in [0.2, 0.25) is 0 Å². The summed E-state index contributed by atoms with van der Waals surface area (Å²) < 4.78 is 4.27. The third-order valence-electron chi connectivity index (χ3n) is 3.75. The molecule has 0 spiro atoms. The molecule has 3 nitrogen and oxygen atoms in total. The molecule has 16 heavy (non-hydrogen) atoms. The molecule has 0 saturated heterocycles. The predicted molar refractivity (Wildman–Crippen MR) is 68.9 cm³/mol. The van der Waals surface area contributed by atoms with Gasteiger partial charge in [0.15, 0.2) is 0 Å². The largest absolute Gasteiger partial charge is 0.383 e. The van der Waals surface area contributed by atoms with Crippen molar-refractivity contribution >= 4 is 22.4 Å². The van der Waals surface area contributed by atoms with Crippen LogP contribution in [0.3, 0.4) is 0 Å². The van der Waals surface area contributed by atoms with Gasteiger partial charge in [-0.05, 0) is 55.0 Å². The van der Waals surface area contributed by atoms with Crippen LogP contribution in [-0.4, -0.2) is 10.9 Å². The van der Waals surface area contributed by atoms with Gasteiger partial charge in [-0.1, -0.05) is 6.92 Å². The first kappa shape index (κ1) is 10.4. The summed E-state index contributed by atoms with van der Waals surface area (Å²) in [5.74, 6) is 3.20. The zero-order valence-corrected chi connectivity index (χ0v) is 10.5. The van der Waals surface area contributed by atoms with Gasteiger partial charge < -0.3 is 11.1 Å². The van der Waals surface area contributed by atoms with E-state index in [4.69, 9.17) is 5.73 Å². The van der Waals surface area contributed by atoms with Crippen LogP contribution >= 0.6 is 11.5 Å². The fourth-order valence-corrected chi connectivity index (χ4v) is 3.09. The highest BCUT2D eigenvalue weighted by molar-refractivity contribution is 7.10. The number of nitrogen functional groups attached to an aromatic ring is 1. The first-order chi connectivity index (χ1) is 7.75. The molecule has 2 saturated carbocycles. The number of hydrogen-bond acceptors (Lipinski definition) is 4. The normalized spacial score (nSPS) is 22.1. The average molecular weight is 237 g/mol. The van der Waals surface area contributed by atoms with Gasteiger partial charge in [-0.25, -0.2) is 0 Å². The van der Waals surface area contributed by atoms with Crippen LogP contribution in [-0.2, 0) is 0 Å². The molecule has 2 aliphatic rings. The maximum absolute atomic E-state index is 5.92. The number of nitrogens with zero attached hydrogens (tertiary/aromatic N) is 1. The third-order valence-corrected chi connectivity index (χ3v) is 4.59. The Balaban J connectivity index is 1.64. The Bertz CT molecular complexity index is 380. The Morgan fingerprint density at radius 3 is 2.81 bits per heavy atom. The molecular weight excluding hydrogens is 218 g/mol. The van der Waals surface area contributed by atoms with E-state index in [2.05, 4.69) is 16.6 Å². The fraction of sp³-hybridized carbons (Fsp3) is 0.750. The van der Waals surface area contributed by atoms with E-state index in [0.717, 1.165) is 24.2 Å². The summed E-state index contributed by atoms with van der Waals surface area (Å²) >= 11 is 1.53. The standard InChI is InChI=1S/C12H19N3S/c1-7(8-2-3-8)6-14-12-10(9-4-5-9)11(13)15-16-12/h7-9,14H,2-6H2,1H3,(H2,13,15). The molecule has 1 aromatic rings. The topological polar surface area (TPSA) is 50.9 Å². The van der Waals surface area contributed by atoms with Crippen molar-refractivity contribution in [2.45, 2.75) is 38.5 Å². The van der Waals surface area contributed by atoms with Crippen molar-refractivity contribution in [1.82, 2.24) is 4.37 Å². The van der Waals surface area contributed by atoms with E-state index < -0.39 is 0 Å². The molecule has 3 rings (SSSR count). The van der Waals surface area contributed by atoms with Crippen molar-refractivity contribution in [3.63, 3.8) is 0 Å². The lowest BCUT2D eigenvalue weighted by Gasteiger charge is -2.12. The summed E-state index contributed by atoms with van der Waals surface area (Å²) in [6.45, 7) is 3.41. The van der Waals surface area contributed by atoms with E-state index in [1.54, 1.807) is 0 Å². The number of nitrogens with one attached hydrogen (secondary N) is 1. The van der Waals surface area contributed by atoms with Crippen molar-refractivity contribution in [2.24, 2.45) is 11.8 Å². The van der Waals surface area contributed by atoms with Gasteiger partial charge in [0.2, 0.25) is 0 Å². The first-order valence-corrected chi connectivity index (χ1v) is 7.02. The number of aromatic nitrogens is 1. The molecular formula is C12H19N3S. The lowest BCUT2D eigenvalue weighted by atomic mass is 10.1. The summed E-state index contributed by atoms with van der Waals surface area (Å²) in [6, 6.07) is 0. The molecule has 0 amide bonds. The van der Waals surface area contributed by atoms with Crippen LogP contribution in [0.4, 0.5) is 10.8 Å². The molecule has 2 aliphatic carbocycles. The zero-order valence-electron chi connectivity index (χ0n) is 9.70. The predicted octanol–water partition coefficient (Wildman–Crippen LogP) is 3.06. The molecule has 1 heterocycles. The molecule has 0 bridgehead atoms. The second kappa shape index (κ2) is 3.91. The summed E-state index contributed by atoms with van der Waals surface area (Å²) in [4.78, 5) is 0. The lowest BCUT2D eigenvalue weighted by Crippen LogP contribution is -2.13. The van der Waals surface area contributed by atoms with Crippen LogP contribution in [0, 0.1) is 11.8 Å². The van der Waals surface area contributed by atoms with Crippen molar-refractivity contribution in [3.8, 4) is 0 Å². The van der Waals surface area contributed by atoms with Gasteiger partial charge in [0.05, 0.1) is 0 Å². The highest BCUT2D eigenvalue weighted by Gasteiger charge is 2.31. The molecule has 0 aromatic carbocycles. The highest BCUT2D eigenvalue weighted by atomic mass is 32.1. The van der Waals surface area contributed by atoms with E-state index in [9.17, 15) is 0 Å². The van der Waals surface area contributed by atoms with Crippen molar-refractivity contribution < 1.29 is 0 Å². The van der Waals surface area contributed by atoms with Gasteiger partial charge in [0.25, 0.3) is 0 Å². The van der Waals surface area contributed by atoms with Gasteiger partial charge in [0.1, 0.15) is 10.8 Å². The smallest absolute Gasteiger partial charge is 0.142 e. The number of nitrogens with two attached hydrogens (primary N) is 1. The van der Waals surface area contributed by atoms with E-state index in [1.807, 2.05) is 0 Å². The van der Waals surface area contributed by atoms with Crippen LogP contribution in [0.1, 0.15) is 44.1 Å². The second-order valence-corrected chi connectivity index (χ2v) is 6.05. The van der Waals surface area contributed by atoms with E-state index in [0.29, 0.717) is 5.92 Å². The van der Waals surface area contributed by atoms with Crippen molar-refractivity contribution in [3.05, 3.63) is 5.56 Å². The fourth-order valence-electron chi connectivity index (χ4n) is 2.29. The second-order valence-electron chi connectivity index (χ2n) is 5.28. The van der Waals surface area contributed by atoms with E-state index >= 15 is 0 Å². The molecule has 0 aliphatic heterocycles. The summed E-state index contributed by atoms with van der Waals surface area (Å²) in [5.41, 5.74) is 7.22. The van der Waals surface area contributed by atoms with Gasteiger partial charge in [-0.3, -0.25) is 0 Å². The van der Waals surface area contributed by atoms with E-state index in [-0.39, 0.29) is 0 Å². The minimum Gasteiger partial charge on any atom is -0.383 e. The molecule has 0 radical (unpaired) electrons. The number of rotatable bonds is 5. The molecule has 3 N–H and O–H groups in total. The van der Waals surface area contributed by atoms with Crippen LogP contribution in [0.15, 0.2) is 0 Å². The Morgan fingerprint density at radius 1 is 1.44 bits per heavy atom. The molecule has 1 atom stereocenters. The Morgan fingerprint density at radius 2 is 2.19 bits per heavy atom. The Labute approximate surface area is 101 Å². The first-order valence-electron chi connectivity index (χ1n) is 6.24. The Hall–Kier alpha value is -0.770. The van der Waals surface area contributed by atoms with E-state index in [1.165, 1.54) is 47.8 Å². The maximum atomic E-state index is 5.92. The third kappa shape index (κ3) is 2.03. The zero-order chi connectivity index (χ0) is 11.1. The average Bonchev–Trinajstić information content (AvgIpc) is 3.13. The number of anilines is 2. The van der Waals surface area contributed by atoms with Gasteiger partial charge >= 0.3 is 0 Å². The highest BCUT2D eigenvalue weighted by Crippen LogP contribution is 2.47. The quantitative estimate of drug-likeness (QED) is 0.827.